The van der Waals surface area contributed by atoms with Crippen molar-refractivity contribution in [3.8, 4) is 17.3 Å². The van der Waals surface area contributed by atoms with E-state index in [2.05, 4.69) is 16.4 Å². The first-order chi connectivity index (χ1) is 18.3. The van der Waals surface area contributed by atoms with Crippen LogP contribution in [0, 0.1) is 11.3 Å². The van der Waals surface area contributed by atoms with Crippen LogP contribution >= 0.6 is 0 Å². The van der Waals surface area contributed by atoms with Crippen molar-refractivity contribution < 1.29 is 14.3 Å². The lowest BCUT2D eigenvalue weighted by molar-refractivity contribution is -0.117. The van der Waals surface area contributed by atoms with Gasteiger partial charge in [0.25, 0.3) is 5.91 Å². The van der Waals surface area contributed by atoms with Crippen molar-refractivity contribution in [2.45, 2.75) is 31.9 Å². The molecule has 1 N–H and O–H groups in total. The van der Waals surface area contributed by atoms with E-state index < -0.39 is 5.41 Å². The lowest BCUT2D eigenvalue weighted by Crippen LogP contribution is -2.33. The molecule has 0 aliphatic carbocycles. The maximum absolute atomic E-state index is 12.9. The highest BCUT2D eigenvalue weighted by Gasteiger charge is 2.33. The number of carbonyl (C=O) groups is 2. The van der Waals surface area contributed by atoms with Crippen molar-refractivity contribution >= 4 is 28.4 Å². The van der Waals surface area contributed by atoms with Crippen molar-refractivity contribution in [3.63, 3.8) is 0 Å². The maximum Gasteiger partial charge on any atom is 0.251 e. The Kier molecular flexibility index (Phi) is 5.66. The monoisotopic (exact) mass is 503 g/mol. The second-order valence-corrected chi connectivity index (χ2v) is 10.0. The van der Waals surface area contributed by atoms with Gasteiger partial charge in [-0.15, -0.1) is 0 Å². The topological polar surface area (TPSA) is 108 Å². The zero-order valence-corrected chi connectivity index (χ0v) is 21.1. The van der Waals surface area contributed by atoms with Crippen LogP contribution in [-0.4, -0.2) is 35.4 Å². The van der Waals surface area contributed by atoms with E-state index in [0.29, 0.717) is 30.9 Å². The van der Waals surface area contributed by atoms with E-state index in [1.54, 1.807) is 30.3 Å². The molecule has 2 aliphatic heterocycles. The molecule has 2 aromatic heterocycles. The number of anilines is 1. The second kappa shape index (κ2) is 9.05. The number of nitrogens with one attached hydrogen (secondary N) is 1. The van der Waals surface area contributed by atoms with Crippen LogP contribution in [0.2, 0.25) is 0 Å². The molecule has 4 aromatic rings. The van der Waals surface area contributed by atoms with Gasteiger partial charge >= 0.3 is 0 Å². The van der Waals surface area contributed by atoms with Crippen LogP contribution in [-0.2, 0) is 34.5 Å². The molecule has 188 valence electrons. The molecule has 8 nitrogen and oxygen atoms in total. The molecule has 6 rings (SSSR count). The average Bonchev–Trinajstić information content (AvgIpc) is 3.23. The SMILES string of the molecule is CN1C(=O)Cc2cc(-c3ccc4cnc(CNC(=O)c5ccc6c(c5)[C@](C)(C#N)COC6)cc4n3)ccc21. The number of nitriles is 1. The van der Waals surface area contributed by atoms with E-state index >= 15 is 0 Å². The number of likely N-dealkylation sites (N-methyl/N-ethyl adjacent to an activating group) is 1. The average molecular weight is 504 g/mol. The van der Waals surface area contributed by atoms with E-state index in [0.717, 1.165) is 44.5 Å². The van der Waals surface area contributed by atoms with Crippen molar-refractivity contribution in [1.29, 1.82) is 5.26 Å². The summed E-state index contributed by atoms with van der Waals surface area (Å²) in [4.78, 5) is 36.0. The maximum atomic E-state index is 12.9. The van der Waals surface area contributed by atoms with E-state index in [1.165, 1.54) is 0 Å². The van der Waals surface area contributed by atoms with Gasteiger partial charge in [0.15, 0.2) is 0 Å². The zero-order chi connectivity index (χ0) is 26.4. The molecule has 0 bridgehead atoms. The Bertz CT molecular complexity index is 1670. The van der Waals surface area contributed by atoms with Gasteiger partial charge in [0.1, 0.15) is 5.41 Å². The lowest BCUT2D eigenvalue weighted by Gasteiger charge is -2.30. The van der Waals surface area contributed by atoms with Crippen LogP contribution in [0.4, 0.5) is 5.69 Å². The van der Waals surface area contributed by atoms with Gasteiger partial charge in [-0.1, -0.05) is 12.1 Å². The Morgan fingerprint density at radius 2 is 2.03 bits per heavy atom. The number of pyridine rings is 2. The van der Waals surface area contributed by atoms with Gasteiger partial charge in [-0.05, 0) is 66.1 Å². The molecular weight excluding hydrogens is 478 g/mol. The predicted molar refractivity (Wildman–Crippen MR) is 142 cm³/mol. The molecule has 8 heteroatoms. The third-order valence-corrected chi connectivity index (χ3v) is 7.37. The van der Waals surface area contributed by atoms with E-state index in [-0.39, 0.29) is 18.4 Å². The first-order valence-corrected chi connectivity index (χ1v) is 12.4. The summed E-state index contributed by atoms with van der Waals surface area (Å²) in [5, 5.41) is 13.5. The largest absolute Gasteiger partial charge is 0.375 e. The number of benzene rings is 2. The highest BCUT2D eigenvalue weighted by Crippen LogP contribution is 2.33. The number of ether oxygens (including phenoxy) is 1. The van der Waals surface area contributed by atoms with E-state index in [1.807, 2.05) is 49.4 Å². The standard InChI is InChI=1S/C30H25N5O3/c1-30(16-31)17-38-15-21-4-3-19(10-24(21)30)29(37)33-14-23-12-26-20(13-32-23)5-7-25(34-26)18-6-8-27-22(9-18)11-28(36)35(27)2/h3-10,12-13H,11,14-15,17H2,1-2H3,(H,33,37)/t30-/m1/s1. The van der Waals surface area contributed by atoms with Crippen LogP contribution in [0.1, 0.15) is 39.7 Å². The van der Waals surface area contributed by atoms with E-state index in [4.69, 9.17) is 9.72 Å². The Morgan fingerprint density at radius 1 is 1.16 bits per heavy atom. The van der Waals surface area contributed by atoms with Crippen LogP contribution in [0.5, 0.6) is 0 Å². The fourth-order valence-electron chi connectivity index (χ4n) is 5.11. The number of fused-ring (bicyclic) bond motifs is 3. The summed E-state index contributed by atoms with van der Waals surface area (Å²) in [6.07, 6.45) is 2.15. The molecule has 2 aromatic carbocycles. The third kappa shape index (κ3) is 4.07. The first kappa shape index (κ1) is 23.8. The minimum Gasteiger partial charge on any atom is -0.375 e. The quantitative estimate of drug-likeness (QED) is 0.450. The molecule has 0 spiro atoms. The van der Waals surface area contributed by atoms with Gasteiger partial charge in [-0.25, -0.2) is 4.98 Å². The third-order valence-electron chi connectivity index (χ3n) is 7.37. The summed E-state index contributed by atoms with van der Waals surface area (Å²) in [7, 11) is 1.79. The molecular formula is C30H25N5O3. The van der Waals surface area contributed by atoms with Crippen molar-refractivity contribution in [2.75, 3.05) is 18.6 Å². The number of carbonyl (C=O) groups excluding carboxylic acids is 2. The number of hydrogen-bond donors (Lipinski definition) is 1. The molecule has 0 unspecified atom stereocenters. The second-order valence-electron chi connectivity index (χ2n) is 10.0. The van der Waals surface area contributed by atoms with Crippen molar-refractivity contribution in [2.24, 2.45) is 0 Å². The van der Waals surface area contributed by atoms with Gasteiger partial charge in [0.05, 0.1) is 49.2 Å². The van der Waals surface area contributed by atoms with Gasteiger partial charge in [-0.2, -0.15) is 5.26 Å². The number of hydrogen-bond acceptors (Lipinski definition) is 6. The molecule has 0 saturated carbocycles. The lowest BCUT2D eigenvalue weighted by atomic mass is 9.79. The molecule has 2 amide bonds. The van der Waals surface area contributed by atoms with Crippen molar-refractivity contribution in [3.05, 3.63) is 88.7 Å². The van der Waals surface area contributed by atoms with Crippen LogP contribution < -0.4 is 10.2 Å². The summed E-state index contributed by atoms with van der Waals surface area (Å²) < 4.78 is 5.56. The Labute approximate surface area is 219 Å². The van der Waals surface area contributed by atoms with Gasteiger partial charge in [0, 0.05) is 35.4 Å². The molecule has 1 atom stereocenters. The van der Waals surface area contributed by atoms with Crippen molar-refractivity contribution in [1.82, 2.24) is 15.3 Å². The van der Waals surface area contributed by atoms with Crippen LogP contribution in [0.3, 0.4) is 0 Å². The molecule has 4 heterocycles. The normalized spacial score (nSPS) is 18.1. The van der Waals surface area contributed by atoms with Gasteiger partial charge < -0.3 is 15.0 Å². The highest BCUT2D eigenvalue weighted by atomic mass is 16.5. The molecule has 38 heavy (non-hydrogen) atoms. The Balaban J connectivity index is 1.21. The summed E-state index contributed by atoms with van der Waals surface area (Å²) in [5.41, 5.74) is 6.62. The zero-order valence-electron chi connectivity index (χ0n) is 21.1. The summed E-state index contributed by atoms with van der Waals surface area (Å²) in [6, 6.07) is 19.5. The fraction of sp³-hybridized carbons (Fsp3) is 0.233. The first-order valence-electron chi connectivity index (χ1n) is 12.4. The number of amides is 2. The van der Waals surface area contributed by atoms with Gasteiger partial charge in [-0.3, -0.25) is 14.6 Å². The van der Waals surface area contributed by atoms with Crippen LogP contribution in [0.15, 0.2) is 60.8 Å². The minimum atomic E-state index is -0.780. The molecule has 2 aliphatic rings. The fourth-order valence-corrected chi connectivity index (χ4v) is 5.11. The molecule has 0 radical (unpaired) electrons. The molecule has 0 fully saturated rings. The summed E-state index contributed by atoms with van der Waals surface area (Å²) in [6.45, 7) is 2.81. The van der Waals surface area contributed by atoms with Gasteiger partial charge in [0.2, 0.25) is 5.91 Å². The number of nitrogens with zero attached hydrogens (tertiary/aromatic N) is 4. The Hall–Kier alpha value is -4.61. The van der Waals surface area contributed by atoms with E-state index in [9.17, 15) is 14.9 Å². The minimum absolute atomic E-state index is 0.0878. The summed E-state index contributed by atoms with van der Waals surface area (Å²) >= 11 is 0. The number of rotatable bonds is 4. The molecule has 0 saturated heterocycles. The number of aromatic nitrogens is 2. The smallest absolute Gasteiger partial charge is 0.251 e. The highest BCUT2D eigenvalue weighted by molar-refractivity contribution is 6.01. The Morgan fingerprint density at radius 3 is 2.87 bits per heavy atom. The summed E-state index contributed by atoms with van der Waals surface area (Å²) in [5.74, 6) is -0.147. The predicted octanol–water partition coefficient (Wildman–Crippen LogP) is 4.06. The van der Waals surface area contributed by atoms with Crippen LogP contribution in [0.25, 0.3) is 22.2 Å².